The van der Waals surface area contributed by atoms with E-state index in [0.29, 0.717) is 5.75 Å². The van der Waals surface area contributed by atoms with Crippen LogP contribution in [0, 0.1) is 0 Å². The Balaban J connectivity index is 1.80. The molecule has 0 bridgehead atoms. The maximum Gasteiger partial charge on any atom is 0.451 e. The number of hydrogen-bond acceptors (Lipinski definition) is 5. The molecule has 1 saturated heterocycles. The Labute approximate surface area is 149 Å². The lowest BCUT2D eigenvalue weighted by molar-refractivity contribution is -0.145. The summed E-state index contributed by atoms with van der Waals surface area (Å²) in [5, 5.41) is 0. The lowest BCUT2D eigenvalue weighted by Gasteiger charge is -2.20. The minimum absolute atomic E-state index is 0.161. The number of aryl methyl sites for hydroxylation is 1. The van der Waals surface area contributed by atoms with Crippen molar-refractivity contribution in [2.45, 2.75) is 32.0 Å². The third kappa shape index (κ3) is 4.24. The summed E-state index contributed by atoms with van der Waals surface area (Å²) < 4.78 is 48.7. The molecule has 26 heavy (non-hydrogen) atoms. The van der Waals surface area contributed by atoms with Gasteiger partial charge >= 0.3 is 6.18 Å². The van der Waals surface area contributed by atoms with Crippen LogP contribution in [0.1, 0.15) is 24.7 Å². The van der Waals surface area contributed by atoms with E-state index in [9.17, 15) is 13.2 Å². The van der Waals surface area contributed by atoms with Gasteiger partial charge in [0.25, 0.3) is 0 Å². The third-order valence-electron chi connectivity index (χ3n) is 4.32. The van der Waals surface area contributed by atoms with E-state index < -0.39 is 12.0 Å². The van der Waals surface area contributed by atoms with Gasteiger partial charge in [-0.1, -0.05) is 6.92 Å². The molecule has 0 saturated carbocycles. The largest absolute Gasteiger partial charge is 0.454 e. The molecule has 0 unspecified atom stereocenters. The van der Waals surface area contributed by atoms with Gasteiger partial charge in [-0.2, -0.15) is 13.2 Å². The maximum atomic E-state index is 12.6. The Kier molecular flexibility index (Phi) is 5.31. The van der Waals surface area contributed by atoms with Crippen LogP contribution < -0.4 is 9.64 Å². The summed E-state index contributed by atoms with van der Waals surface area (Å²) in [5.41, 5.74) is 2.08. The molecule has 5 nitrogen and oxygen atoms in total. The van der Waals surface area contributed by atoms with E-state index in [0.717, 1.165) is 49.6 Å². The van der Waals surface area contributed by atoms with E-state index in [4.69, 9.17) is 9.47 Å². The molecular weight excluding hydrogens is 347 g/mol. The fraction of sp³-hybridized carbons (Fsp3) is 0.444. The second kappa shape index (κ2) is 7.49. The van der Waals surface area contributed by atoms with Crippen molar-refractivity contribution in [1.82, 2.24) is 9.97 Å². The van der Waals surface area contributed by atoms with Gasteiger partial charge in [-0.25, -0.2) is 9.97 Å². The van der Waals surface area contributed by atoms with E-state index in [1.807, 2.05) is 19.1 Å². The van der Waals surface area contributed by atoms with E-state index in [-0.39, 0.29) is 11.9 Å². The monoisotopic (exact) mass is 367 g/mol. The minimum atomic E-state index is -4.57. The smallest absolute Gasteiger partial charge is 0.451 e. The number of nitrogens with zero attached hydrogens (tertiary/aromatic N) is 3. The number of methoxy groups -OCH3 is 1. The van der Waals surface area contributed by atoms with E-state index in [2.05, 4.69) is 20.9 Å². The van der Waals surface area contributed by atoms with Gasteiger partial charge in [-0.15, -0.1) is 0 Å². The van der Waals surface area contributed by atoms with E-state index in [1.54, 1.807) is 7.11 Å². The Bertz CT molecular complexity index is 750. The first-order valence-corrected chi connectivity index (χ1v) is 8.38. The minimum Gasteiger partial charge on any atom is -0.454 e. The Morgan fingerprint density at radius 3 is 2.46 bits per heavy atom. The highest BCUT2D eigenvalue weighted by molar-refractivity contribution is 5.55. The Morgan fingerprint density at radius 2 is 1.88 bits per heavy atom. The number of anilines is 1. The lowest BCUT2D eigenvalue weighted by Crippen LogP contribution is -2.22. The van der Waals surface area contributed by atoms with E-state index >= 15 is 0 Å². The molecule has 2 aromatic rings. The summed E-state index contributed by atoms with van der Waals surface area (Å²) in [6.45, 7) is 3.72. The van der Waals surface area contributed by atoms with E-state index in [1.165, 1.54) is 0 Å². The summed E-state index contributed by atoms with van der Waals surface area (Å²) in [4.78, 5) is 8.85. The Morgan fingerprint density at radius 1 is 1.15 bits per heavy atom. The van der Waals surface area contributed by atoms with Gasteiger partial charge in [0.2, 0.25) is 5.82 Å². The summed E-state index contributed by atoms with van der Waals surface area (Å²) in [5.74, 6) is -0.479. The van der Waals surface area contributed by atoms with Crippen molar-refractivity contribution in [1.29, 1.82) is 0 Å². The molecule has 2 heterocycles. The van der Waals surface area contributed by atoms with Crippen LogP contribution in [-0.2, 0) is 17.3 Å². The van der Waals surface area contributed by atoms with Gasteiger partial charge in [0, 0.05) is 32.0 Å². The first-order chi connectivity index (χ1) is 12.4. The predicted octanol–water partition coefficient (Wildman–Crippen LogP) is 4.08. The molecule has 3 rings (SSSR count). The van der Waals surface area contributed by atoms with Crippen molar-refractivity contribution in [2.24, 2.45) is 0 Å². The average molecular weight is 367 g/mol. The molecule has 0 radical (unpaired) electrons. The van der Waals surface area contributed by atoms with Crippen molar-refractivity contribution < 1.29 is 22.6 Å². The molecule has 1 aromatic heterocycles. The molecule has 1 aliphatic heterocycles. The molecule has 1 atom stereocenters. The molecule has 1 aliphatic rings. The van der Waals surface area contributed by atoms with Gasteiger partial charge < -0.3 is 14.4 Å². The third-order valence-corrected chi connectivity index (χ3v) is 4.32. The van der Waals surface area contributed by atoms with Crippen LogP contribution in [0.15, 0.2) is 30.6 Å². The molecule has 0 N–H and O–H groups in total. The first kappa shape index (κ1) is 18.4. The fourth-order valence-corrected chi connectivity index (χ4v) is 2.90. The quantitative estimate of drug-likeness (QED) is 0.797. The number of benzene rings is 1. The number of aromatic nitrogens is 2. The average Bonchev–Trinajstić information content (AvgIpc) is 3.10. The van der Waals surface area contributed by atoms with Crippen molar-refractivity contribution in [3.8, 4) is 11.5 Å². The van der Waals surface area contributed by atoms with Crippen LogP contribution in [-0.4, -0.2) is 36.3 Å². The molecule has 140 valence electrons. The molecule has 1 aromatic carbocycles. The SMILES string of the molecule is CCc1cc(Oc2cnc(C(F)(F)F)nc2)cc(N2CC[C@@H](OC)C2)c1. The molecular formula is C18H20F3N3O2. The normalized spacial score (nSPS) is 17.6. The highest BCUT2D eigenvalue weighted by Gasteiger charge is 2.34. The standard InChI is InChI=1S/C18H20F3N3O2/c1-3-12-6-13(24-5-4-14(11-24)25-2)8-15(7-12)26-16-9-22-17(23-10-16)18(19,20)21/h6-10,14H,3-5,11H2,1-2H3/t14-/m1/s1. The van der Waals surface area contributed by atoms with Gasteiger partial charge in [0.1, 0.15) is 5.75 Å². The highest BCUT2D eigenvalue weighted by atomic mass is 19.4. The summed E-state index contributed by atoms with van der Waals surface area (Å²) in [6.07, 6.45) is -0.532. The molecule has 1 fully saturated rings. The summed E-state index contributed by atoms with van der Waals surface area (Å²) in [6, 6.07) is 5.83. The predicted molar refractivity (Wildman–Crippen MR) is 90.6 cm³/mol. The Hall–Kier alpha value is -2.35. The van der Waals surface area contributed by atoms with Crippen molar-refractivity contribution in [3.05, 3.63) is 42.0 Å². The van der Waals surface area contributed by atoms with Crippen LogP contribution in [0.5, 0.6) is 11.5 Å². The number of alkyl halides is 3. The van der Waals surface area contributed by atoms with Gasteiger partial charge in [-0.05, 0) is 30.5 Å². The number of ether oxygens (including phenoxy) is 2. The van der Waals surface area contributed by atoms with Crippen LogP contribution in [0.25, 0.3) is 0 Å². The zero-order chi connectivity index (χ0) is 18.7. The summed E-state index contributed by atoms with van der Waals surface area (Å²) >= 11 is 0. The van der Waals surface area contributed by atoms with Gasteiger partial charge in [0.15, 0.2) is 5.75 Å². The zero-order valence-electron chi connectivity index (χ0n) is 14.6. The second-order valence-corrected chi connectivity index (χ2v) is 6.12. The molecule has 8 heteroatoms. The fourth-order valence-electron chi connectivity index (χ4n) is 2.90. The summed E-state index contributed by atoms with van der Waals surface area (Å²) in [7, 11) is 1.70. The number of halogens is 3. The maximum absolute atomic E-state index is 12.6. The topological polar surface area (TPSA) is 47.5 Å². The molecule has 0 spiro atoms. The number of rotatable bonds is 5. The molecule has 0 aliphatic carbocycles. The van der Waals surface area contributed by atoms with Crippen LogP contribution in [0.2, 0.25) is 0 Å². The van der Waals surface area contributed by atoms with Crippen LogP contribution in [0.3, 0.4) is 0 Å². The van der Waals surface area contributed by atoms with Gasteiger partial charge in [-0.3, -0.25) is 0 Å². The first-order valence-electron chi connectivity index (χ1n) is 8.38. The van der Waals surface area contributed by atoms with Crippen molar-refractivity contribution >= 4 is 5.69 Å². The highest BCUT2D eigenvalue weighted by Crippen LogP contribution is 2.31. The van der Waals surface area contributed by atoms with Crippen molar-refractivity contribution in [3.63, 3.8) is 0 Å². The van der Waals surface area contributed by atoms with Crippen LogP contribution in [0.4, 0.5) is 18.9 Å². The van der Waals surface area contributed by atoms with Crippen molar-refractivity contribution in [2.75, 3.05) is 25.1 Å². The van der Waals surface area contributed by atoms with Crippen LogP contribution >= 0.6 is 0 Å². The second-order valence-electron chi connectivity index (χ2n) is 6.12. The molecule has 0 amide bonds. The van der Waals surface area contributed by atoms with Gasteiger partial charge in [0.05, 0.1) is 18.5 Å². The lowest BCUT2D eigenvalue weighted by atomic mass is 10.1. The number of hydrogen-bond donors (Lipinski definition) is 0. The zero-order valence-corrected chi connectivity index (χ0v) is 14.6.